The molecule has 1 aromatic heterocycles. The normalized spacial score (nSPS) is 29.1. The van der Waals surface area contributed by atoms with Crippen LogP contribution in [0.5, 0.6) is 0 Å². The summed E-state index contributed by atoms with van der Waals surface area (Å²) in [5.41, 5.74) is 2.11. The molecule has 3 aromatic rings. The first-order valence-corrected chi connectivity index (χ1v) is 13.7. The fraction of sp³-hybridized carbons (Fsp3) is 0.423. The van der Waals surface area contributed by atoms with Crippen molar-refractivity contribution in [3.63, 3.8) is 0 Å². The van der Waals surface area contributed by atoms with E-state index in [-0.39, 0.29) is 11.3 Å². The van der Waals surface area contributed by atoms with Gasteiger partial charge in [-0.2, -0.15) is 0 Å². The van der Waals surface area contributed by atoms with Gasteiger partial charge in [0.05, 0.1) is 17.1 Å². The number of thioether (sulfide) groups is 1. The zero-order valence-electron chi connectivity index (χ0n) is 18.4. The van der Waals surface area contributed by atoms with Crippen LogP contribution in [-0.2, 0) is 10.2 Å². The Morgan fingerprint density at radius 1 is 0.970 bits per heavy atom. The molecular weight excluding hydrogens is 448 g/mol. The molecule has 0 radical (unpaired) electrons. The molecular formula is C26H26N4OS2. The fourth-order valence-electron chi connectivity index (χ4n) is 7.11. The molecule has 5 aliphatic rings. The standard InChI is InChI=1S/C26H26N4OS2/c31-23(30-19-5-1-3-7-21(19)33-22-8-4-2-6-20(22)30)15-32-25-27-24(28-29-25)26-12-16-9-17(13-26)11-18(10-16)14-26/h1-8,16-18H,9-15H2,(H,27,28,29). The molecule has 0 unspecified atom stereocenters. The maximum atomic E-state index is 13.5. The Morgan fingerprint density at radius 2 is 1.55 bits per heavy atom. The van der Waals surface area contributed by atoms with E-state index in [1.807, 2.05) is 41.3 Å². The summed E-state index contributed by atoms with van der Waals surface area (Å²) >= 11 is 3.16. The maximum absolute atomic E-state index is 13.5. The number of rotatable bonds is 4. The predicted octanol–water partition coefficient (Wildman–Crippen LogP) is 6.19. The highest BCUT2D eigenvalue weighted by Gasteiger charge is 2.53. The van der Waals surface area contributed by atoms with Gasteiger partial charge in [0.2, 0.25) is 11.1 Å². The van der Waals surface area contributed by atoms with Crippen LogP contribution in [-0.4, -0.2) is 26.8 Å². The summed E-state index contributed by atoms with van der Waals surface area (Å²) in [5, 5.41) is 8.51. The number of aromatic amines is 1. The van der Waals surface area contributed by atoms with Crippen LogP contribution in [0.15, 0.2) is 63.5 Å². The largest absolute Gasteiger partial charge is 0.278 e. The lowest BCUT2D eigenvalue weighted by Crippen LogP contribution is -2.49. The summed E-state index contributed by atoms with van der Waals surface area (Å²) in [4.78, 5) is 22.5. The molecule has 2 aromatic carbocycles. The van der Waals surface area contributed by atoms with Crippen LogP contribution >= 0.6 is 23.5 Å². The third-order valence-corrected chi connectivity index (χ3v) is 9.97. The summed E-state index contributed by atoms with van der Waals surface area (Å²) in [6.45, 7) is 0. The highest BCUT2D eigenvalue weighted by atomic mass is 32.2. The monoisotopic (exact) mass is 474 g/mol. The second kappa shape index (κ2) is 7.64. The number of anilines is 2. The highest BCUT2D eigenvalue weighted by Crippen LogP contribution is 2.60. The Bertz CT molecular complexity index is 1160. The molecule has 1 amide bonds. The number of para-hydroxylation sites is 2. The molecule has 7 heteroatoms. The molecule has 4 aliphatic carbocycles. The van der Waals surface area contributed by atoms with E-state index in [0.29, 0.717) is 10.9 Å². The van der Waals surface area contributed by atoms with Crippen LogP contribution < -0.4 is 4.90 Å². The van der Waals surface area contributed by atoms with Crippen molar-refractivity contribution in [1.29, 1.82) is 0 Å². The number of hydrogen-bond acceptors (Lipinski definition) is 5. The minimum absolute atomic E-state index is 0.0568. The van der Waals surface area contributed by atoms with Crippen molar-refractivity contribution in [2.75, 3.05) is 10.7 Å². The Balaban J connectivity index is 1.11. The summed E-state index contributed by atoms with van der Waals surface area (Å²) in [6, 6.07) is 16.2. The summed E-state index contributed by atoms with van der Waals surface area (Å²) in [5.74, 6) is 4.05. The van der Waals surface area contributed by atoms with E-state index in [0.717, 1.165) is 44.7 Å². The Hall–Kier alpha value is -2.25. The number of H-pyrrole nitrogens is 1. The molecule has 4 bridgehead atoms. The second-order valence-electron chi connectivity index (χ2n) is 10.2. The van der Waals surface area contributed by atoms with E-state index >= 15 is 0 Å². The van der Waals surface area contributed by atoms with Crippen molar-refractivity contribution in [2.24, 2.45) is 17.8 Å². The quantitative estimate of drug-likeness (QED) is 0.457. The SMILES string of the molecule is O=C(CSc1n[nH]c(C23CC4CC(CC(C4)C2)C3)n1)N1c2ccccc2Sc2ccccc21. The number of aromatic nitrogens is 3. The molecule has 168 valence electrons. The maximum Gasteiger partial charge on any atom is 0.242 e. The zero-order chi connectivity index (χ0) is 22.0. The van der Waals surface area contributed by atoms with Gasteiger partial charge >= 0.3 is 0 Å². The van der Waals surface area contributed by atoms with Crippen LogP contribution in [0, 0.1) is 17.8 Å². The van der Waals surface area contributed by atoms with E-state index in [2.05, 4.69) is 22.3 Å². The average Bonchev–Trinajstić information content (AvgIpc) is 3.30. The Labute approximate surface area is 202 Å². The molecule has 1 N–H and O–H groups in total. The first-order chi connectivity index (χ1) is 16.2. The smallest absolute Gasteiger partial charge is 0.242 e. The number of hydrogen-bond donors (Lipinski definition) is 1. The van der Waals surface area contributed by atoms with Gasteiger partial charge in [0.1, 0.15) is 5.82 Å². The van der Waals surface area contributed by atoms with E-state index in [1.165, 1.54) is 50.3 Å². The van der Waals surface area contributed by atoms with Crippen molar-refractivity contribution < 1.29 is 4.79 Å². The van der Waals surface area contributed by atoms with Gasteiger partial charge in [-0.1, -0.05) is 47.8 Å². The molecule has 0 atom stereocenters. The van der Waals surface area contributed by atoms with Crippen molar-refractivity contribution in [1.82, 2.24) is 15.2 Å². The number of carbonyl (C=O) groups is 1. The van der Waals surface area contributed by atoms with E-state index in [1.54, 1.807) is 11.8 Å². The number of amides is 1. The van der Waals surface area contributed by atoms with Crippen LogP contribution in [0.25, 0.3) is 0 Å². The summed E-state index contributed by atoms with van der Waals surface area (Å²) in [6.07, 6.45) is 8.03. The molecule has 5 nitrogen and oxygen atoms in total. The molecule has 8 rings (SSSR count). The van der Waals surface area contributed by atoms with E-state index < -0.39 is 0 Å². The summed E-state index contributed by atoms with van der Waals surface area (Å²) < 4.78 is 0. The number of carbonyl (C=O) groups excluding carboxylic acids is 1. The average molecular weight is 475 g/mol. The lowest BCUT2D eigenvalue weighted by molar-refractivity contribution is -0.115. The molecule has 0 saturated heterocycles. The number of nitrogens with one attached hydrogen (secondary N) is 1. The zero-order valence-corrected chi connectivity index (χ0v) is 20.0. The van der Waals surface area contributed by atoms with Crippen LogP contribution in [0.2, 0.25) is 0 Å². The van der Waals surface area contributed by atoms with Gasteiger partial charge in [-0.3, -0.25) is 14.8 Å². The molecule has 1 aliphatic heterocycles. The van der Waals surface area contributed by atoms with Gasteiger partial charge in [-0.05, 0) is 80.5 Å². The van der Waals surface area contributed by atoms with Gasteiger partial charge in [0.15, 0.2) is 0 Å². The first-order valence-electron chi connectivity index (χ1n) is 11.9. The van der Waals surface area contributed by atoms with E-state index in [9.17, 15) is 4.79 Å². The molecule has 33 heavy (non-hydrogen) atoms. The minimum atomic E-state index is 0.0568. The lowest BCUT2D eigenvalue weighted by Gasteiger charge is -2.55. The van der Waals surface area contributed by atoms with Crippen molar-refractivity contribution >= 4 is 40.8 Å². The van der Waals surface area contributed by atoms with Crippen molar-refractivity contribution in [2.45, 2.75) is 58.9 Å². The first kappa shape index (κ1) is 20.2. The predicted molar refractivity (Wildman–Crippen MR) is 131 cm³/mol. The van der Waals surface area contributed by atoms with Crippen molar-refractivity contribution in [3.05, 3.63) is 54.4 Å². The Morgan fingerprint density at radius 3 is 2.15 bits per heavy atom. The highest BCUT2D eigenvalue weighted by molar-refractivity contribution is 8.00. The van der Waals surface area contributed by atoms with Crippen LogP contribution in [0.4, 0.5) is 11.4 Å². The number of benzene rings is 2. The van der Waals surface area contributed by atoms with E-state index in [4.69, 9.17) is 4.98 Å². The van der Waals surface area contributed by atoms with Gasteiger partial charge in [-0.15, -0.1) is 5.10 Å². The number of nitrogens with zero attached hydrogens (tertiary/aromatic N) is 3. The van der Waals surface area contributed by atoms with Crippen LogP contribution in [0.3, 0.4) is 0 Å². The molecule has 0 spiro atoms. The van der Waals surface area contributed by atoms with Gasteiger partial charge < -0.3 is 0 Å². The third kappa shape index (κ3) is 3.35. The summed E-state index contributed by atoms with van der Waals surface area (Å²) in [7, 11) is 0. The molecule has 4 saturated carbocycles. The van der Waals surface area contributed by atoms with Gasteiger partial charge in [0.25, 0.3) is 0 Å². The fourth-order valence-corrected chi connectivity index (χ4v) is 8.82. The van der Waals surface area contributed by atoms with Crippen molar-refractivity contribution in [3.8, 4) is 0 Å². The Kier molecular flexibility index (Phi) is 4.66. The lowest BCUT2D eigenvalue weighted by atomic mass is 9.49. The minimum Gasteiger partial charge on any atom is -0.278 e. The number of fused-ring (bicyclic) bond motifs is 2. The molecule has 4 fully saturated rings. The van der Waals surface area contributed by atoms with Gasteiger partial charge in [-0.25, -0.2) is 4.98 Å². The second-order valence-corrected chi connectivity index (χ2v) is 12.2. The topological polar surface area (TPSA) is 61.9 Å². The van der Waals surface area contributed by atoms with Gasteiger partial charge in [0, 0.05) is 15.2 Å². The van der Waals surface area contributed by atoms with Crippen LogP contribution in [0.1, 0.15) is 44.3 Å². The third-order valence-electron chi connectivity index (χ3n) is 8.01. The molecule has 2 heterocycles.